The van der Waals surface area contributed by atoms with Gasteiger partial charge in [0.25, 0.3) is 5.91 Å². The predicted octanol–water partition coefficient (Wildman–Crippen LogP) is 1.47. The molecule has 1 atom stereocenters. The molecule has 2 aromatic rings. The highest BCUT2D eigenvalue weighted by atomic mass is 32.2. The molecule has 11 heteroatoms. The molecule has 0 aromatic heterocycles. The Balaban J connectivity index is 1.29. The van der Waals surface area contributed by atoms with Crippen molar-refractivity contribution in [3.8, 4) is 11.5 Å². The van der Waals surface area contributed by atoms with Gasteiger partial charge in [-0.25, -0.2) is 13.2 Å². The fourth-order valence-electron chi connectivity index (χ4n) is 3.46. The molecule has 0 aliphatic carbocycles. The van der Waals surface area contributed by atoms with Gasteiger partial charge in [-0.15, -0.1) is 0 Å². The average molecular weight is 477 g/mol. The number of nitrogens with zero attached hydrogens (tertiary/aromatic N) is 1. The molecular weight excluding hydrogens is 452 g/mol. The zero-order valence-corrected chi connectivity index (χ0v) is 18.8. The van der Waals surface area contributed by atoms with Gasteiger partial charge in [0.2, 0.25) is 16.8 Å². The standard InChI is InChI=1S/C22H24N2O8S/c1-15(17-4-7-19-20(12-17)32-14-31-19)23-21(25)13-30-22(26)16-2-5-18(6-3-16)33(27,28)24-8-10-29-11-9-24/h2-7,12,15H,8-11,13-14H2,1H3,(H,23,25)/t15-/m0/s1. The Hall–Kier alpha value is -3.15. The summed E-state index contributed by atoms with van der Waals surface area (Å²) in [5.74, 6) is 0.0605. The van der Waals surface area contributed by atoms with Crippen LogP contribution in [0.2, 0.25) is 0 Å². The molecule has 2 heterocycles. The number of amides is 1. The molecule has 33 heavy (non-hydrogen) atoms. The molecule has 2 aliphatic heterocycles. The number of rotatable bonds is 7. The first kappa shape index (κ1) is 23.0. The number of hydrogen-bond acceptors (Lipinski definition) is 8. The molecule has 1 amide bonds. The Kier molecular flexibility index (Phi) is 6.82. The molecule has 0 spiro atoms. The number of fused-ring (bicyclic) bond motifs is 1. The summed E-state index contributed by atoms with van der Waals surface area (Å²) in [7, 11) is -3.65. The van der Waals surface area contributed by atoms with Gasteiger partial charge >= 0.3 is 5.97 Å². The quantitative estimate of drug-likeness (QED) is 0.597. The van der Waals surface area contributed by atoms with E-state index in [0.29, 0.717) is 24.7 Å². The Morgan fingerprint density at radius 1 is 1.06 bits per heavy atom. The van der Waals surface area contributed by atoms with Crippen molar-refractivity contribution >= 4 is 21.9 Å². The lowest BCUT2D eigenvalue weighted by molar-refractivity contribution is -0.124. The summed E-state index contributed by atoms with van der Waals surface area (Å²) < 4.78 is 47.5. The van der Waals surface area contributed by atoms with Crippen LogP contribution < -0.4 is 14.8 Å². The highest BCUT2D eigenvalue weighted by Gasteiger charge is 2.26. The van der Waals surface area contributed by atoms with Crippen LogP contribution in [0.3, 0.4) is 0 Å². The molecule has 2 aliphatic rings. The van der Waals surface area contributed by atoms with E-state index in [9.17, 15) is 18.0 Å². The molecule has 0 radical (unpaired) electrons. The molecule has 4 rings (SSSR count). The Labute approximate surface area is 191 Å². The SMILES string of the molecule is C[C@H](NC(=O)COC(=O)c1ccc(S(=O)(=O)N2CCOCC2)cc1)c1ccc2c(c1)OCO2. The third-order valence-electron chi connectivity index (χ3n) is 5.31. The second-order valence-electron chi connectivity index (χ2n) is 7.52. The van der Waals surface area contributed by atoms with Crippen molar-refractivity contribution in [1.29, 1.82) is 0 Å². The lowest BCUT2D eigenvalue weighted by atomic mass is 10.1. The van der Waals surface area contributed by atoms with Gasteiger partial charge < -0.3 is 24.3 Å². The largest absolute Gasteiger partial charge is 0.454 e. The van der Waals surface area contributed by atoms with Crippen molar-refractivity contribution in [2.75, 3.05) is 39.7 Å². The predicted molar refractivity (Wildman–Crippen MR) is 115 cm³/mol. The third-order valence-corrected chi connectivity index (χ3v) is 7.22. The number of sulfonamides is 1. The molecule has 1 fully saturated rings. The Morgan fingerprint density at radius 3 is 2.48 bits per heavy atom. The zero-order chi connectivity index (χ0) is 23.4. The normalized spacial score (nSPS) is 16.8. The van der Waals surface area contributed by atoms with Crippen LogP contribution in [-0.2, 0) is 24.3 Å². The van der Waals surface area contributed by atoms with Gasteiger partial charge in [0, 0.05) is 13.1 Å². The summed E-state index contributed by atoms with van der Waals surface area (Å²) in [6.45, 7) is 2.75. The van der Waals surface area contributed by atoms with Crippen LogP contribution in [0, 0.1) is 0 Å². The average Bonchev–Trinajstić information content (AvgIpc) is 3.31. The number of benzene rings is 2. The first-order valence-corrected chi connectivity index (χ1v) is 11.8. The Morgan fingerprint density at radius 2 is 1.76 bits per heavy atom. The number of ether oxygens (including phenoxy) is 4. The number of nitrogens with one attached hydrogen (secondary N) is 1. The van der Waals surface area contributed by atoms with E-state index in [1.54, 1.807) is 19.1 Å². The summed E-state index contributed by atoms with van der Waals surface area (Å²) in [5, 5.41) is 2.75. The van der Waals surface area contributed by atoms with Crippen molar-refractivity contribution in [3.05, 3.63) is 53.6 Å². The molecule has 1 saturated heterocycles. The van der Waals surface area contributed by atoms with Gasteiger partial charge in [-0.2, -0.15) is 4.31 Å². The summed E-state index contributed by atoms with van der Waals surface area (Å²) in [6, 6.07) is 10.5. The first-order valence-electron chi connectivity index (χ1n) is 10.4. The van der Waals surface area contributed by atoms with Crippen LogP contribution in [0.1, 0.15) is 28.9 Å². The van der Waals surface area contributed by atoms with Crippen molar-refractivity contribution < 1.29 is 37.0 Å². The second-order valence-corrected chi connectivity index (χ2v) is 9.46. The first-order chi connectivity index (χ1) is 15.8. The number of esters is 1. The molecule has 0 unspecified atom stereocenters. The van der Waals surface area contributed by atoms with Crippen molar-refractivity contribution in [2.45, 2.75) is 17.9 Å². The van der Waals surface area contributed by atoms with E-state index >= 15 is 0 Å². The van der Waals surface area contributed by atoms with E-state index in [1.807, 2.05) is 6.07 Å². The minimum Gasteiger partial charge on any atom is -0.454 e. The maximum Gasteiger partial charge on any atom is 0.338 e. The van der Waals surface area contributed by atoms with Crippen LogP contribution in [0.5, 0.6) is 11.5 Å². The van der Waals surface area contributed by atoms with Crippen LogP contribution in [-0.4, -0.2) is 64.3 Å². The van der Waals surface area contributed by atoms with Crippen molar-refractivity contribution in [2.24, 2.45) is 0 Å². The topological polar surface area (TPSA) is 120 Å². The van der Waals surface area contributed by atoms with Gasteiger partial charge in [-0.3, -0.25) is 4.79 Å². The maximum atomic E-state index is 12.7. The summed E-state index contributed by atoms with van der Waals surface area (Å²) in [6.07, 6.45) is 0. The molecule has 2 aromatic carbocycles. The van der Waals surface area contributed by atoms with Crippen LogP contribution in [0.15, 0.2) is 47.4 Å². The fraction of sp³-hybridized carbons (Fsp3) is 0.364. The summed E-state index contributed by atoms with van der Waals surface area (Å²) >= 11 is 0. The van der Waals surface area contributed by atoms with Crippen LogP contribution in [0.4, 0.5) is 0 Å². The van der Waals surface area contributed by atoms with E-state index in [1.165, 1.54) is 28.6 Å². The second kappa shape index (κ2) is 9.77. The summed E-state index contributed by atoms with van der Waals surface area (Å²) in [5.41, 5.74) is 0.962. The molecular formula is C22H24N2O8S. The lowest BCUT2D eigenvalue weighted by Crippen LogP contribution is -2.40. The Bertz CT molecular complexity index is 1130. The highest BCUT2D eigenvalue weighted by molar-refractivity contribution is 7.89. The number of carbonyl (C=O) groups excluding carboxylic acids is 2. The van der Waals surface area contributed by atoms with E-state index < -0.39 is 28.5 Å². The van der Waals surface area contributed by atoms with Crippen molar-refractivity contribution in [1.82, 2.24) is 9.62 Å². The molecule has 1 N–H and O–H groups in total. The number of hydrogen-bond donors (Lipinski definition) is 1. The molecule has 176 valence electrons. The smallest absolute Gasteiger partial charge is 0.338 e. The van der Waals surface area contributed by atoms with Gasteiger partial charge in [-0.1, -0.05) is 6.07 Å². The van der Waals surface area contributed by atoms with E-state index in [-0.39, 0.29) is 36.4 Å². The zero-order valence-electron chi connectivity index (χ0n) is 18.0. The van der Waals surface area contributed by atoms with Gasteiger partial charge in [0.05, 0.1) is 29.7 Å². The number of carbonyl (C=O) groups is 2. The molecule has 10 nitrogen and oxygen atoms in total. The van der Waals surface area contributed by atoms with Crippen LogP contribution in [0.25, 0.3) is 0 Å². The minimum absolute atomic E-state index is 0.0799. The third kappa shape index (κ3) is 5.27. The highest BCUT2D eigenvalue weighted by Crippen LogP contribution is 2.34. The summed E-state index contributed by atoms with van der Waals surface area (Å²) in [4.78, 5) is 24.6. The molecule has 0 bridgehead atoms. The van der Waals surface area contributed by atoms with E-state index in [2.05, 4.69) is 5.32 Å². The van der Waals surface area contributed by atoms with E-state index in [4.69, 9.17) is 18.9 Å². The van der Waals surface area contributed by atoms with Crippen LogP contribution >= 0.6 is 0 Å². The monoisotopic (exact) mass is 476 g/mol. The van der Waals surface area contributed by atoms with Gasteiger partial charge in [0.1, 0.15) is 0 Å². The van der Waals surface area contributed by atoms with Gasteiger partial charge in [-0.05, 0) is 48.9 Å². The minimum atomic E-state index is -3.65. The lowest BCUT2D eigenvalue weighted by Gasteiger charge is -2.26. The molecule has 0 saturated carbocycles. The van der Waals surface area contributed by atoms with Crippen molar-refractivity contribution in [3.63, 3.8) is 0 Å². The fourth-order valence-corrected chi connectivity index (χ4v) is 4.87. The van der Waals surface area contributed by atoms with Gasteiger partial charge in [0.15, 0.2) is 18.1 Å². The number of morpholine rings is 1. The maximum absolute atomic E-state index is 12.7. The van der Waals surface area contributed by atoms with E-state index in [0.717, 1.165) is 5.56 Å².